The predicted molar refractivity (Wildman–Crippen MR) is 104 cm³/mol. The maximum Gasteiger partial charge on any atom is 0.318 e. The third-order valence-electron chi connectivity index (χ3n) is 4.50. The average molecular weight is 364 g/mol. The van der Waals surface area contributed by atoms with Gasteiger partial charge >= 0.3 is 6.03 Å². The van der Waals surface area contributed by atoms with Crippen LogP contribution in [-0.4, -0.2) is 18.0 Å². The zero-order valence-corrected chi connectivity index (χ0v) is 15.6. The standard InChI is InChI=1S/C22H24N2O3/c1-17(20-13-8-14-26-20)24(2)22(25)23-15-19-11-6-7-12-21(19)27-16-18-9-4-3-5-10-18/h3-14,17H,15-16H2,1-2H3,(H,23,25). The van der Waals surface area contributed by atoms with Crippen molar-refractivity contribution in [3.8, 4) is 5.75 Å². The monoisotopic (exact) mass is 364 g/mol. The van der Waals surface area contributed by atoms with Crippen LogP contribution in [0.3, 0.4) is 0 Å². The van der Waals surface area contributed by atoms with Crippen molar-refractivity contribution in [1.82, 2.24) is 10.2 Å². The first-order valence-corrected chi connectivity index (χ1v) is 8.94. The summed E-state index contributed by atoms with van der Waals surface area (Å²) >= 11 is 0. The van der Waals surface area contributed by atoms with E-state index in [0.717, 1.165) is 22.6 Å². The van der Waals surface area contributed by atoms with Crippen LogP contribution in [0.1, 0.15) is 29.9 Å². The van der Waals surface area contributed by atoms with Crippen LogP contribution in [0.25, 0.3) is 0 Å². The third-order valence-corrected chi connectivity index (χ3v) is 4.50. The van der Waals surface area contributed by atoms with Crippen LogP contribution in [0.5, 0.6) is 5.75 Å². The van der Waals surface area contributed by atoms with E-state index in [1.807, 2.05) is 73.7 Å². The van der Waals surface area contributed by atoms with Crippen LogP contribution >= 0.6 is 0 Å². The second-order valence-electron chi connectivity index (χ2n) is 6.34. The highest BCUT2D eigenvalue weighted by molar-refractivity contribution is 5.74. The number of nitrogens with zero attached hydrogens (tertiary/aromatic N) is 1. The van der Waals surface area contributed by atoms with Gasteiger partial charge < -0.3 is 19.4 Å². The Morgan fingerprint density at radius 1 is 1.07 bits per heavy atom. The lowest BCUT2D eigenvalue weighted by atomic mass is 10.2. The molecule has 2 amide bonds. The van der Waals surface area contributed by atoms with Crippen LogP contribution in [-0.2, 0) is 13.2 Å². The van der Waals surface area contributed by atoms with Gasteiger partial charge in [0, 0.05) is 19.2 Å². The second-order valence-corrected chi connectivity index (χ2v) is 6.34. The lowest BCUT2D eigenvalue weighted by molar-refractivity contribution is 0.186. The third kappa shape index (κ3) is 4.91. The Balaban J connectivity index is 1.58. The first-order valence-electron chi connectivity index (χ1n) is 8.94. The van der Waals surface area contributed by atoms with Gasteiger partial charge in [0.2, 0.25) is 0 Å². The zero-order valence-electron chi connectivity index (χ0n) is 15.6. The first kappa shape index (κ1) is 18.6. The van der Waals surface area contributed by atoms with Gasteiger partial charge in [0.25, 0.3) is 0 Å². The number of rotatable bonds is 7. The van der Waals surface area contributed by atoms with Crippen LogP contribution in [0, 0.1) is 0 Å². The van der Waals surface area contributed by atoms with Crippen molar-refractivity contribution in [3.63, 3.8) is 0 Å². The van der Waals surface area contributed by atoms with Crippen LogP contribution in [0.15, 0.2) is 77.4 Å². The molecule has 0 aliphatic heterocycles. The molecule has 0 spiro atoms. The summed E-state index contributed by atoms with van der Waals surface area (Å²) in [4.78, 5) is 14.1. The lowest BCUT2D eigenvalue weighted by Crippen LogP contribution is -2.38. The lowest BCUT2D eigenvalue weighted by Gasteiger charge is -2.24. The normalized spacial score (nSPS) is 11.6. The largest absolute Gasteiger partial charge is 0.489 e. The molecule has 0 bridgehead atoms. The van der Waals surface area contributed by atoms with E-state index in [-0.39, 0.29) is 12.1 Å². The van der Waals surface area contributed by atoms with E-state index in [9.17, 15) is 4.79 Å². The molecule has 0 aliphatic rings. The van der Waals surface area contributed by atoms with Gasteiger partial charge in [-0.05, 0) is 30.7 Å². The van der Waals surface area contributed by atoms with E-state index in [4.69, 9.17) is 9.15 Å². The van der Waals surface area contributed by atoms with Crippen molar-refractivity contribution in [2.45, 2.75) is 26.1 Å². The quantitative estimate of drug-likeness (QED) is 0.657. The SMILES string of the molecule is CC(c1ccco1)N(C)C(=O)NCc1ccccc1OCc1ccccc1. The fourth-order valence-corrected chi connectivity index (χ4v) is 2.72. The molecule has 3 aromatic rings. The van der Waals surface area contributed by atoms with Crippen molar-refractivity contribution in [2.24, 2.45) is 0 Å². The van der Waals surface area contributed by atoms with Crippen molar-refractivity contribution in [1.29, 1.82) is 0 Å². The van der Waals surface area contributed by atoms with Crippen LogP contribution in [0.4, 0.5) is 4.79 Å². The van der Waals surface area contributed by atoms with E-state index >= 15 is 0 Å². The molecule has 1 N–H and O–H groups in total. The molecule has 5 nitrogen and oxygen atoms in total. The Morgan fingerprint density at radius 3 is 2.56 bits per heavy atom. The fraction of sp³-hybridized carbons (Fsp3) is 0.227. The molecule has 0 fully saturated rings. The van der Waals surface area contributed by atoms with Crippen molar-refractivity contribution < 1.29 is 13.9 Å². The summed E-state index contributed by atoms with van der Waals surface area (Å²) in [5, 5.41) is 2.95. The molecule has 0 radical (unpaired) electrons. The zero-order chi connectivity index (χ0) is 19.1. The first-order chi connectivity index (χ1) is 13.1. The van der Waals surface area contributed by atoms with Gasteiger partial charge in [-0.2, -0.15) is 0 Å². The molecule has 5 heteroatoms. The minimum atomic E-state index is -0.170. The molecule has 1 heterocycles. The summed E-state index contributed by atoms with van der Waals surface area (Å²) in [6.07, 6.45) is 1.61. The topological polar surface area (TPSA) is 54.7 Å². The van der Waals surface area contributed by atoms with Gasteiger partial charge in [-0.15, -0.1) is 0 Å². The Bertz CT molecular complexity index is 847. The van der Waals surface area contributed by atoms with E-state index < -0.39 is 0 Å². The summed E-state index contributed by atoms with van der Waals surface area (Å²) in [5.74, 6) is 1.52. The molecule has 27 heavy (non-hydrogen) atoms. The molecule has 1 unspecified atom stereocenters. The molecule has 0 saturated carbocycles. The van der Waals surface area contributed by atoms with E-state index in [1.54, 1.807) is 18.2 Å². The Morgan fingerprint density at radius 2 is 1.81 bits per heavy atom. The molecule has 1 atom stereocenters. The molecule has 0 aliphatic carbocycles. The molecule has 1 aromatic heterocycles. The van der Waals surface area contributed by atoms with Crippen molar-refractivity contribution in [3.05, 3.63) is 89.9 Å². The van der Waals surface area contributed by atoms with Crippen molar-refractivity contribution >= 4 is 6.03 Å². The highest BCUT2D eigenvalue weighted by atomic mass is 16.5. The number of amides is 2. The predicted octanol–water partition coefficient (Wildman–Crippen LogP) is 4.76. The molecule has 140 valence electrons. The molecular formula is C22H24N2O3. The summed E-state index contributed by atoms with van der Waals surface area (Å²) < 4.78 is 11.3. The Hall–Kier alpha value is -3.21. The highest BCUT2D eigenvalue weighted by Gasteiger charge is 2.19. The van der Waals surface area contributed by atoms with Gasteiger partial charge in [-0.25, -0.2) is 4.79 Å². The summed E-state index contributed by atoms with van der Waals surface area (Å²) in [5.41, 5.74) is 2.03. The summed E-state index contributed by atoms with van der Waals surface area (Å²) in [7, 11) is 1.75. The average Bonchev–Trinajstić information content (AvgIpc) is 3.25. The second kappa shape index (κ2) is 8.94. The van der Waals surface area contributed by atoms with Gasteiger partial charge in [0.1, 0.15) is 18.1 Å². The number of carbonyl (C=O) groups excluding carboxylic acids is 1. The van der Waals surface area contributed by atoms with Crippen LogP contribution in [0.2, 0.25) is 0 Å². The molecule has 3 rings (SSSR count). The number of para-hydroxylation sites is 1. The fourth-order valence-electron chi connectivity index (χ4n) is 2.72. The number of hydrogen-bond donors (Lipinski definition) is 1. The number of nitrogens with one attached hydrogen (secondary N) is 1. The van der Waals surface area contributed by atoms with Gasteiger partial charge in [-0.1, -0.05) is 48.5 Å². The van der Waals surface area contributed by atoms with Gasteiger partial charge in [0.05, 0.1) is 12.3 Å². The minimum Gasteiger partial charge on any atom is -0.489 e. The maximum atomic E-state index is 12.5. The van der Waals surface area contributed by atoms with Crippen LogP contribution < -0.4 is 10.1 Å². The summed E-state index contributed by atoms with van der Waals surface area (Å²) in [6.45, 7) is 2.80. The Kier molecular flexibility index (Phi) is 6.15. The number of carbonyl (C=O) groups is 1. The van der Waals surface area contributed by atoms with Gasteiger partial charge in [-0.3, -0.25) is 0 Å². The Labute approximate surface area is 159 Å². The molecule has 2 aromatic carbocycles. The van der Waals surface area contributed by atoms with E-state index in [2.05, 4.69) is 5.32 Å². The number of ether oxygens (including phenoxy) is 1. The minimum absolute atomic E-state index is 0.149. The van der Waals surface area contributed by atoms with Gasteiger partial charge in [0.15, 0.2) is 0 Å². The number of benzene rings is 2. The van der Waals surface area contributed by atoms with E-state index in [0.29, 0.717) is 13.2 Å². The molecule has 0 saturated heterocycles. The van der Waals surface area contributed by atoms with E-state index in [1.165, 1.54) is 0 Å². The van der Waals surface area contributed by atoms with Crippen molar-refractivity contribution in [2.75, 3.05) is 7.05 Å². The number of hydrogen-bond acceptors (Lipinski definition) is 3. The maximum absolute atomic E-state index is 12.5. The number of furan rings is 1. The number of urea groups is 1. The molecular weight excluding hydrogens is 340 g/mol. The highest BCUT2D eigenvalue weighted by Crippen LogP contribution is 2.21. The summed E-state index contributed by atoms with van der Waals surface area (Å²) in [6, 6.07) is 21.1. The smallest absolute Gasteiger partial charge is 0.318 e.